The second-order valence-electron chi connectivity index (χ2n) is 4.87. The van der Waals surface area contributed by atoms with Gasteiger partial charge in [0.1, 0.15) is 0 Å². The van der Waals surface area contributed by atoms with Crippen LogP contribution >= 0.6 is 0 Å². The van der Waals surface area contributed by atoms with Crippen molar-refractivity contribution < 1.29 is 13.5 Å². The summed E-state index contributed by atoms with van der Waals surface area (Å²) >= 11 is 0. The van der Waals surface area contributed by atoms with Gasteiger partial charge in [0, 0.05) is 25.8 Å². The molecular weight excluding hydrogens is 254 g/mol. The van der Waals surface area contributed by atoms with Gasteiger partial charge < -0.3 is 9.67 Å². The molecule has 0 spiro atoms. The van der Waals surface area contributed by atoms with E-state index in [4.69, 9.17) is 0 Å². The third kappa shape index (κ3) is 2.57. The van der Waals surface area contributed by atoms with E-state index in [-0.39, 0.29) is 11.1 Å². The van der Waals surface area contributed by atoms with E-state index in [1.54, 1.807) is 18.5 Å². The standard InChI is InChI=1S/C11H19N3O3S/c1-9(15)6-10-4-3-5-14(10)18(16,17)11-7-13(2)8-12-11/h7-10,15H,3-6H2,1-2H3. The van der Waals surface area contributed by atoms with Gasteiger partial charge in [0.05, 0.1) is 12.4 Å². The van der Waals surface area contributed by atoms with Crippen molar-refractivity contribution in [3.8, 4) is 0 Å². The van der Waals surface area contributed by atoms with Gasteiger partial charge in [-0.3, -0.25) is 0 Å². The van der Waals surface area contributed by atoms with Crippen LogP contribution in [0, 0.1) is 0 Å². The van der Waals surface area contributed by atoms with Gasteiger partial charge in [-0.2, -0.15) is 4.31 Å². The number of hydrogen-bond donors (Lipinski definition) is 1. The molecule has 0 aromatic carbocycles. The molecule has 1 N–H and O–H groups in total. The third-order valence-corrected chi connectivity index (χ3v) is 5.03. The highest BCUT2D eigenvalue weighted by atomic mass is 32.2. The number of aliphatic hydroxyl groups is 1. The first-order valence-corrected chi connectivity index (χ1v) is 7.53. The number of hydrogen-bond acceptors (Lipinski definition) is 4. The molecule has 2 atom stereocenters. The van der Waals surface area contributed by atoms with Crippen LogP contribution in [-0.4, -0.2) is 46.1 Å². The summed E-state index contributed by atoms with van der Waals surface area (Å²) in [5.41, 5.74) is 0. The molecule has 1 saturated heterocycles. The monoisotopic (exact) mass is 273 g/mol. The summed E-state index contributed by atoms with van der Waals surface area (Å²) in [6, 6.07) is -0.114. The highest BCUT2D eigenvalue weighted by molar-refractivity contribution is 7.89. The average molecular weight is 273 g/mol. The Bertz CT molecular complexity index is 509. The predicted molar refractivity (Wildman–Crippen MR) is 66.4 cm³/mol. The zero-order chi connectivity index (χ0) is 13.3. The lowest BCUT2D eigenvalue weighted by Crippen LogP contribution is -2.37. The van der Waals surface area contributed by atoms with Gasteiger partial charge in [0.2, 0.25) is 0 Å². The van der Waals surface area contributed by atoms with Gasteiger partial charge in [-0.1, -0.05) is 0 Å². The van der Waals surface area contributed by atoms with Crippen LogP contribution in [-0.2, 0) is 17.1 Å². The number of nitrogens with zero attached hydrogens (tertiary/aromatic N) is 3. The first-order valence-electron chi connectivity index (χ1n) is 6.09. The second kappa shape index (κ2) is 4.99. The molecule has 102 valence electrons. The van der Waals surface area contributed by atoms with Crippen LogP contribution in [0.15, 0.2) is 17.6 Å². The minimum Gasteiger partial charge on any atom is -0.393 e. The van der Waals surface area contributed by atoms with Crippen molar-refractivity contribution in [2.75, 3.05) is 6.54 Å². The zero-order valence-electron chi connectivity index (χ0n) is 10.7. The lowest BCUT2D eigenvalue weighted by Gasteiger charge is -2.23. The summed E-state index contributed by atoms with van der Waals surface area (Å²) in [7, 11) is -1.78. The van der Waals surface area contributed by atoms with Crippen molar-refractivity contribution in [3.05, 3.63) is 12.5 Å². The Labute approximate surface area is 107 Å². The van der Waals surface area contributed by atoms with E-state index in [2.05, 4.69) is 4.98 Å². The van der Waals surface area contributed by atoms with E-state index in [0.717, 1.165) is 12.8 Å². The minimum atomic E-state index is -3.52. The molecule has 6 nitrogen and oxygen atoms in total. The first-order chi connectivity index (χ1) is 8.41. The molecule has 0 bridgehead atoms. The van der Waals surface area contributed by atoms with E-state index >= 15 is 0 Å². The molecule has 1 aliphatic heterocycles. The topological polar surface area (TPSA) is 75.4 Å². The van der Waals surface area contributed by atoms with Crippen molar-refractivity contribution in [1.82, 2.24) is 13.9 Å². The highest BCUT2D eigenvalue weighted by Gasteiger charge is 2.36. The number of aryl methyl sites for hydroxylation is 1. The van der Waals surface area contributed by atoms with Crippen LogP contribution in [0.4, 0.5) is 0 Å². The normalized spacial score (nSPS) is 23.4. The molecule has 7 heteroatoms. The highest BCUT2D eigenvalue weighted by Crippen LogP contribution is 2.27. The SMILES string of the molecule is CC(O)CC1CCCN1S(=O)(=O)c1cn(C)cn1. The van der Waals surface area contributed by atoms with Crippen LogP contribution in [0.25, 0.3) is 0 Å². The summed E-state index contributed by atoms with van der Waals surface area (Å²) in [4.78, 5) is 3.92. The molecule has 0 aliphatic carbocycles. The fourth-order valence-electron chi connectivity index (χ4n) is 2.40. The molecule has 0 amide bonds. The molecule has 0 saturated carbocycles. The Kier molecular flexibility index (Phi) is 3.74. The van der Waals surface area contributed by atoms with Gasteiger partial charge in [-0.25, -0.2) is 13.4 Å². The van der Waals surface area contributed by atoms with E-state index < -0.39 is 16.1 Å². The average Bonchev–Trinajstić information content (AvgIpc) is 2.86. The van der Waals surface area contributed by atoms with Crippen LogP contribution in [0.5, 0.6) is 0 Å². The Hall–Kier alpha value is -0.920. The van der Waals surface area contributed by atoms with Crippen molar-refractivity contribution in [2.24, 2.45) is 7.05 Å². The Morgan fingerprint density at radius 3 is 2.89 bits per heavy atom. The van der Waals surface area contributed by atoms with Crippen LogP contribution in [0.1, 0.15) is 26.2 Å². The lowest BCUT2D eigenvalue weighted by atomic mass is 10.1. The number of sulfonamides is 1. The van der Waals surface area contributed by atoms with Gasteiger partial charge in [-0.05, 0) is 26.2 Å². The fraction of sp³-hybridized carbons (Fsp3) is 0.727. The van der Waals surface area contributed by atoms with Crippen molar-refractivity contribution >= 4 is 10.0 Å². The maximum absolute atomic E-state index is 12.4. The molecule has 1 aromatic heterocycles. The van der Waals surface area contributed by atoms with Crippen LogP contribution in [0.3, 0.4) is 0 Å². The summed E-state index contributed by atoms with van der Waals surface area (Å²) in [5.74, 6) is 0. The number of aliphatic hydroxyl groups excluding tert-OH is 1. The Balaban J connectivity index is 2.24. The van der Waals surface area contributed by atoms with Crippen LogP contribution < -0.4 is 0 Å². The molecule has 0 radical (unpaired) electrons. The number of rotatable bonds is 4. The molecule has 2 unspecified atom stereocenters. The van der Waals surface area contributed by atoms with E-state index in [1.807, 2.05) is 0 Å². The van der Waals surface area contributed by atoms with Gasteiger partial charge in [0.15, 0.2) is 5.03 Å². The van der Waals surface area contributed by atoms with E-state index in [1.165, 1.54) is 16.8 Å². The predicted octanol–water partition coefficient (Wildman–Crippen LogP) is 0.344. The number of aromatic nitrogens is 2. The van der Waals surface area contributed by atoms with Gasteiger partial charge in [0.25, 0.3) is 10.0 Å². The van der Waals surface area contributed by atoms with Gasteiger partial charge in [-0.15, -0.1) is 0 Å². The smallest absolute Gasteiger partial charge is 0.262 e. The van der Waals surface area contributed by atoms with E-state index in [0.29, 0.717) is 13.0 Å². The molecule has 1 aromatic rings. The number of imidazole rings is 1. The second-order valence-corrected chi connectivity index (χ2v) is 6.71. The van der Waals surface area contributed by atoms with E-state index in [9.17, 15) is 13.5 Å². The van der Waals surface area contributed by atoms with Crippen molar-refractivity contribution in [2.45, 2.75) is 43.4 Å². The summed E-state index contributed by atoms with van der Waals surface area (Å²) in [6.45, 7) is 2.19. The minimum absolute atomic E-state index is 0.0856. The molecule has 2 heterocycles. The van der Waals surface area contributed by atoms with Crippen LogP contribution in [0.2, 0.25) is 0 Å². The summed E-state index contributed by atoms with van der Waals surface area (Å²) in [5, 5.41) is 9.52. The fourth-order valence-corrected chi connectivity index (χ4v) is 4.07. The largest absolute Gasteiger partial charge is 0.393 e. The quantitative estimate of drug-likeness (QED) is 0.858. The van der Waals surface area contributed by atoms with Crippen molar-refractivity contribution in [1.29, 1.82) is 0 Å². The first kappa shape index (κ1) is 13.5. The summed E-state index contributed by atoms with van der Waals surface area (Å²) < 4.78 is 27.9. The van der Waals surface area contributed by atoms with Gasteiger partial charge >= 0.3 is 0 Å². The molecule has 2 rings (SSSR count). The molecule has 1 fully saturated rings. The van der Waals surface area contributed by atoms with Crippen molar-refractivity contribution in [3.63, 3.8) is 0 Å². The molecule has 1 aliphatic rings. The Morgan fingerprint density at radius 1 is 1.61 bits per heavy atom. The Morgan fingerprint density at radius 2 is 2.33 bits per heavy atom. The maximum atomic E-state index is 12.4. The molecule has 18 heavy (non-hydrogen) atoms. The molecular formula is C11H19N3O3S. The summed E-state index contributed by atoms with van der Waals surface area (Å²) in [6.07, 6.45) is 4.61. The lowest BCUT2D eigenvalue weighted by molar-refractivity contribution is 0.157. The zero-order valence-corrected chi connectivity index (χ0v) is 11.5. The maximum Gasteiger partial charge on any atom is 0.262 e. The third-order valence-electron chi connectivity index (χ3n) is 3.19.